The number of ether oxygens (including phenoxy) is 2. The van der Waals surface area contributed by atoms with E-state index in [1.807, 2.05) is 32.0 Å². The number of hydrazine groups is 1. The Morgan fingerprint density at radius 2 is 1.79 bits per heavy atom. The topological polar surface area (TPSA) is 88.7 Å². The van der Waals surface area contributed by atoms with Crippen LogP contribution in [-0.2, 0) is 4.79 Å². The Morgan fingerprint density at radius 3 is 2.39 bits per heavy atom. The number of methoxy groups -OCH3 is 1. The van der Waals surface area contributed by atoms with Gasteiger partial charge in [-0.3, -0.25) is 25.8 Å². The lowest BCUT2D eigenvalue weighted by atomic mass is 10.1. The normalized spacial score (nSPS) is 10.0. The minimum Gasteiger partial charge on any atom is -0.496 e. The van der Waals surface area contributed by atoms with Crippen molar-refractivity contribution in [1.29, 1.82) is 0 Å². The maximum absolute atomic E-state index is 12.2. The zero-order chi connectivity index (χ0) is 20.7. The molecule has 0 aromatic heterocycles. The van der Waals surface area contributed by atoms with E-state index in [1.165, 1.54) is 7.11 Å². The first-order valence-corrected chi connectivity index (χ1v) is 9.44. The molecule has 9 heteroatoms. The summed E-state index contributed by atoms with van der Waals surface area (Å²) in [6.07, 6.45) is 0. The highest BCUT2D eigenvalue weighted by molar-refractivity contribution is 9.10. The molecule has 0 bridgehead atoms. The molecule has 0 atom stereocenters. The second-order valence-electron chi connectivity index (χ2n) is 5.82. The van der Waals surface area contributed by atoms with Crippen molar-refractivity contribution >= 4 is 45.1 Å². The lowest BCUT2D eigenvalue weighted by Crippen LogP contribution is -2.49. The summed E-state index contributed by atoms with van der Waals surface area (Å²) in [5.74, 6) is 0.403. The Morgan fingerprint density at radius 1 is 1.11 bits per heavy atom. The lowest BCUT2D eigenvalue weighted by molar-refractivity contribution is -0.123. The molecular weight excluding hydrogens is 446 g/mol. The molecular formula is C19H20BrN3O4S. The third kappa shape index (κ3) is 5.93. The highest BCUT2D eigenvalue weighted by Crippen LogP contribution is 2.25. The average Bonchev–Trinajstić information content (AvgIpc) is 2.65. The van der Waals surface area contributed by atoms with Gasteiger partial charge in [0, 0.05) is 5.56 Å². The van der Waals surface area contributed by atoms with Crippen LogP contribution in [0.4, 0.5) is 0 Å². The fourth-order valence-corrected chi connectivity index (χ4v) is 3.03. The van der Waals surface area contributed by atoms with Gasteiger partial charge in [0.2, 0.25) is 0 Å². The maximum Gasteiger partial charge on any atom is 0.276 e. The van der Waals surface area contributed by atoms with Gasteiger partial charge in [0.05, 0.1) is 11.6 Å². The number of para-hydroxylation sites is 1. The highest BCUT2D eigenvalue weighted by Gasteiger charge is 2.12. The molecule has 0 heterocycles. The third-order valence-corrected chi connectivity index (χ3v) is 4.54. The van der Waals surface area contributed by atoms with Crippen LogP contribution in [0.3, 0.4) is 0 Å². The van der Waals surface area contributed by atoms with Crippen molar-refractivity contribution in [1.82, 2.24) is 16.2 Å². The van der Waals surface area contributed by atoms with Gasteiger partial charge >= 0.3 is 0 Å². The minimum absolute atomic E-state index is 0.0441. The molecule has 0 radical (unpaired) electrons. The monoisotopic (exact) mass is 465 g/mol. The largest absolute Gasteiger partial charge is 0.496 e. The summed E-state index contributed by atoms with van der Waals surface area (Å²) in [6, 6.07) is 10.6. The van der Waals surface area contributed by atoms with E-state index in [2.05, 4.69) is 32.1 Å². The van der Waals surface area contributed by atoms with E-state index >= 15 is 0 Å². The van der Waals surface area contributed by atoms with Gasteiger partial charge < -0.3 is 9.47 Å². The van der Waals surface area contributed by atoms with Gasteiger partial charge in [-0.15, -0.1) is 0 Å². The fourth-order valence-electron chi connectivity index (χ4n) is 2.34. The van der Waals surface area contributed by atoms with Crippen molar-refractivity contribution in [3.63, 3.8) is 0 Å². The van der Waals surface area contributed by atoms with E-state index in [-0.39, 0.29) is 11.7 Å². The predicted octanol–water partition coefficient (Wildman–Crippen LogP) is 2.79. The number of thiocarbonyl (C=S) groups is 1. The summed E-state index contributed by atoms with van der Waals surface area (Å²) >= 11 is 8.33. The summed E-state index contributed by atoms with van der Waals surface area (Å²) in [4.78, 5) is 24.1. The Labute approximate surface area is 176 Å². The highest BCUT2D eigenvalue weighted by atomic mass is 79.9. The molecule has 7 nitrogen and oxygen atoms in total. The molecule has 2 rings (SSSR count). The zero-order valence-electron chi connectivity index (χ0n) is 15.6. The zero-order valence-corrected chi connectivity index (χ0v) is 18.0. The van der Waals surface area contributed by atoms with Crippen molar-refractivity contribution in [2.75, 3.05) is 13.7 Å². The van der Waals surface area contributed by atoms with Gasteiger partial charge in [0.1, 0.15) is 11.5 Å². The van der Waals surface area contributed by atoms with Crippen LogP contribution in [0.25, 0.3) is 0 Å². The summed E-state index contributed by atoms with van der Waals surface area (Å²) in [6.45, 7) is 3.61. The van der Waals surface area contributed by atoms with E-state index < -0.39 is 11.8 Å². The van der Waals surface area contributed by atoms with Gasteiger partial charge in [-0.2, -0.15) is 0 Å². The van der Waals surface area contributed by atoms with Crippen LogP contribution in [0.15, 0.2) is 40.9 Å². The number of amides is 2. The molecule has 28 heavy (non-hydrogen) atoms. The van der Waals surface area contributed by atoms with Crippen molar-refractivity contribution in [2.45, 2.75) is 13.8 Å². The number of carbonyl (C=O) groups is 2. The molecule has 3 N–H and O–H groups in total. The second kappa shape index (κ2) is 10.0. The molecule has 0 fully saturated rings. The molecule has 0 aliphatic heterocycles. The van der Waals surface area contributed by atoms with Crippen LogP contribution in [-0.4, -0.2) is 30.6 Å². The number of benzene rings is 2. The molecule has 2 amide bonds. The van der Waals surface area contributed by atoms with Crippen LogP contribution in [0, 0.1) is 13.8 Å². The van der Waals surface area contributed by atoms with Crippen LogP contribution < -0.4 is 25.6 Å². The summed E-state index contributed by atoms with van der Waals surface area (Å²) in [5, 5.41) is 2.43. The predicted molar refractivity (Wildman–Crippen MR) is 113 cm³/mol. The van der Waals surface area contributed by atoms with Crippen molar-refractivity contribution < 1.29 is 19.1 Å². The first-order valence-electron chi connectivity index (χ1n) is 8.24. The van der Waals surface area contributed by atoms with Gasteiger partial charge in [-0.25, -0.2) is 0 Å². The molecule has 148 valence electrons. The second-order valence-corrected chi connectivity index (χ2v) is 7.08. The van der Waals surface area contributed by atoms with Crippen LogP contribution in [0.1, 0.15) is 21.5 Å². The van der Waals surface area contributed by atoms with Crippen molar-refractivity contribution in [3.8, 4) is 11.5 Å². The summed E-state index contributed by atoms with van der Waals surface area (Å²) in [7, 11) is 1.53. The minimum atomic E-state index is -0.438. The molecule has 0 saturated carbocycles. The quantitative estimate of drug-likeness (QED) is 0.464. The van der Waals surface area contributed by atoms with E-state index in [1.54, 1.807) is 18.2 Å². The summed E-state index contributed by atoms with van der Waals surface area (Å²) in [5.41, 5.74) is 7.10. The number of carbonyl (C=O) groups excluding carboxylic acids is 2. The van der Waals surface area contributed by atoms with Gasteiger partial charge in [-0.1, -0.05) is 18.2 Å². The number of nitrogens with one attached hydrogen (secondary N) is 3. The van der Waals surface area contributed by atoms with E-state index in [4.69, 9.17) is 21.7 Å². The van der Waals surface area contributed by atoms with Crippen LogP contribution in [0.2, 0.25) is 0 Å². The molecule has 0 spiro atoms. The molecule has 2 aromatic rings. The number of rotatable bonds is 5. The molecule has 2 aromatic carbocycles. The Kier molecular flexibility index (Phi) is 7.77. The first kappa shape index (κ1) is 21.6. The maximum atomic E-state index is 12.2. The van der Waals surface area contributed by atoms with Crippen LogP contribution >= 0.6 is 28.1 Å². The SMILES string of the molecule is COc1ccc(C(=O)NC(=S)NNC(=O)COc2c(C)cccc2C)cc1Br. The summed E-state index contributed by atoms with van der Waals surface area (Å²) < 4.78 is 11.3. The number of halogens is 1. The Bertz CT molecular complexity index is 884. The van der Waals surface area contributed by atoms with Crippen molar-refractivity contribution in [3.05, 3.63) is 57.6 Å². The molecule has 0 aliphatic carbocycles. The van der Waals surface area contributed by atoms with Crippen molar-refractivity contribution in [2.24, 2.45) is 0 Å². The van der Waals surface area contributed by atoms with E-state index in [0.717, 1.165) is 11.1 Å². The average molecular weight is 466 g/mol. The fraction of sp³-hybridized carbons (Fsp3) is 0.211. The van der Waals surface area contributed by atoms with Crippen LogP contribution in [0.5, 0.6) is 11.5 Å². The molecule has 0 saturated heterocycles. The van der Waals surface area contributed by atoms with Gasteiger partial charge in [0.25, 0.3) is 11.8 Å². The number of hydrogen-bond donors (Lipinski definition) is 3. The lowest BCUT2D eigenvalue weighted by Gasteiger charge is -2.13. The Hall–Kier alpha value is -2.65. The molecule has 0 aliphatic rings. The smallest absolute Gasteiger partial charge is 0.276 e. The van der Waals surface area contributed by atoms with Gasteiger partial charge in [-0.05, 0) is 71.3 Å². The van der Waals surface area contributed by atoms with E-state index in [9.17, 15) is 9.59 Å². The third-order valence-electron chi connectivity index (χ3n) is 3.71. The number of aryl methyl sites for hydroxylation is 2. The molecule has 0 unspecified atom stereocenters. The Balaban J connectivity index is 1.81. The first-order chi connectivity index (χ1) is 13.3. The standard InChI is InChI=1S/C19H20BrN3O4S/c1-11-5-4-6-12(2)17(11)27-10-16(24)22-23-19(28)21-18(25)13-7-8-15(26-3)14(20)9-13/h4-9H,10H2,1-3H3,(H,22,24)(H2,21,23,25,28). The van der Waals surface area contributed by atoms with Gasteiger partial charge in [0.15, 0.2) is 11.7 Å². The number of hydrogen-bond acceptors (Lipinski definition) is 5. The van der Waals surface area contributed by atoms with E-state index in [0.29, 0.717) is 21.5 Å².